The first-order chi connectivity index (χ1) is 12.2. The maximum atomic E-state index is 5.45. The molecule has 0 bridgehead atoms. The number of rotatable bonds is 7. The standard InChI is InChI=1S/C19H30N4O2.HI/c1-20-19(21-11-14-8-9-23(13-14)16-5-6-16)22-12-15-4-7-17(24-2)10-18(15)25-3;/h4,7,10,14,16H,5-6,8-9,11-13H2,1-3H3,(H2,20,21,22);1H. The van der Waals surface area contributed by atoms with Gasteiger partial charge in [-0.1, -0.05) is 0 Å². The van der Waals surface area contributed by atoms with Crippen molar-refractivity contribution in [3.05, 3.63) is 23.8 Å². The number of halogens is 1. The predicted molar refractivity (Wildman–Crippen MR) is 116 cm³/mol. The van der Waals surface area contributed by atoms with Gasteiger partial charge in [-0.15, -0.1) is 24.0 Å². The Morgan fingerprint density at radius 3 is 2.65 bits per heavy atom. The fourth-order valence-electron chi connectivity index (χ4n) is 3.44. The molecule has 1 saturated carbocycles. The van der Waals surface area contributed by atoms with Crippen molar-refractivity contribution < 1.29 is 9.47 Å². The Bertz CT molecular complexity index is 607. The van der Waals surface area contributed by atoms with E-state index >= 15 is 0 Å². The lowest BCUT2D eigenvalue weighted by atomic mass is 10.1. The van der Waals surface area contributed by atoms with Crippen LogP contribution in [-0.2, 0) is 6.54 Å². The van der Waals surface area contributed by atoms with Crippen LogP contribution in [0.3, 0.4) is 0 Å². The van der Waals surface area contributed by atoms with E-state index < -0.39 is 0 Å². The number of guanidine groups is 1. The van der Waals surface area contributed by atoms with E-state index in [1.807, 2.05) is 25.2 Å². The Balaban J connectivity index is 0.00000243. The molecular formula is C19H31IN4O2. The molecule has 1 atom stereocenters. The van der Waals surface area contributed by atoms with Gasteiger partial charge in [0.15, 0.2) is 5.96 Å². The second-order valence-electron chi connectivity index (χ2n) is 6.87. The largest absolute Gasteiger partial charge is 0.497 e. The Labute approximate surface area is 173 Å². The van der Waals surface area contributed by atoms with E-state index in [9.17, 15) is 0 Å². The molecule has 1 unspecified atom stereocenters. The zero-order chi connectivity index (χ0) is 17.6. The molecule has 26 heavy (non-hydrogen) atoms. The van der Waals surface area contributed by atoms with Gasteiger partial charge in [-0.3, -0.25) is 4.99 Å². The number of aliphatic imine (C=N–C) groups is 1. The summed E-state index contributed by atoms with van der Waals surface area (Å²) < 4.78 is 10.7. The summed E-state index contributed by atoms with van der Waals surface area (Å²) in [5, 5.41) is 6.84. The number of hydrogen-bond acceptors (Lipinski definition) is 4. The van der Waals surface area contributed by atoms with Crippen LogP contribution >= 0.6 is 24.0 Å². The van der Waals surface area contributed by atoms with E-state index in [0.29, 0.717) is 6.54 Å². The Morgan fingerprint density at radius 1 is 1.19 bits per heavy atom. The molecule has 146 valence electrons. The van der Waals surface area contributed by atoms with E-state index in [-0.39, 0.29) is 24.0 Å². The summed E-state index contributed by atoms with van der Waals surface area (Å²) in [6.07, 6.45) is 4.08. The molecule has 1 heterocycles. The fourth-order valence-corrected chi connectivity index (χ4v) is 3.44. The molecule has 1 aromatic carbocycles. The SMILES string of the molecule is CN=C(NCc1ccc(OC)cc1OC)NCC1CCN(C2CC2)C1.I. The van der Waals surface area contributed by atoms with E-state index in [4.69, 9.17) is 9.47 Å². The number of benzene rings is 1. The van der Waals surface area contributed by atoms with Gasteiger partial charge in [0.25, 0.3) is 0 Å². The summed E-state index contributed by atoms with van der Waals surface area (Å²) in [4.78, 5) is 6.98. The third-order valence-electron chi connectivity index (χ3n) is 5.10. The van der Waals surface area contributed by atoms with Gasteiger partial charge in [0, 0.05) is 44.4 Å². The van der Waals surface area contributed by atoms with Gasteiger partial charge in [0.1, 0.15) is 11.5 Å². The molecule has 0 aromatic heterocycles. The van der Waals surface area contributed by atoms with Crippen LogP contribution in [0.4, 0.5) is 0 Å². The number of nitrogens with one attached hydrogen (secondary N) is 2. The highest BCUT2D eigenvalue weighted by atomic mass is 127. The van der Waals surface area contributed by atoms with Crippen molar-refractivity contribution in [1.29, 1.82) is 0 Å². The molecule has 0 amide bonds. The Kier molecular flexibility index (Phi) is 8.27. The van der Waals surface area contributed by atoms with Crippen molar-refractivity contribution in [2.24, 2.45) is 10.9 Å². The van der Waals surface area contributed by atoms with Crippen LogP contribution in [0.15, 0.2) is 23.2 Å². The van der Waals surface area contributed by atoms with Gasteiger partial charge in [-0.25, -0.2) is 0 Å². The van der Waals surface area contributed by atoms with Crippen LogP contribution < -0.4 is 20.1 Å². The summed E-state index contributed by atoms with van der Waals surface area (Å²) in [6.45, 7) is 4.11. The smallest absolute Gasteiger partial charge is 0.191 e. The van der Waals surface area contributed by atoms with Gasteiger partial charge in [-0.2, -0.15) is 0 Å². The first kappa shape index (κ1) is 21.1. The maximum Gasteiger partial charge on any atom is 0.191 e. The lowest BCUT2D eigenvalue weighted by Gasteiger charge is -2.17. The topological polar surface area (TPSA) is 58.1 Å². The Hall–Kier alpha value is -1.22. The van der Waals surface area contributed by atoms with Gasteiger partial charge < -0.3 is 25.0 Å². The van der Waals surface area contributed by atoms with Crippen LogP contribution in [0.1, 0.15) is 24.8 Å². The molecule has 3 rings (SSSR count). The average molecular weight is 474 g/mol. The van der Waals surface area contributed by atoms with Crippen LogP contribution in [0.2, 0.25) is 0 Å². The van der Waals surface area contributed by atoms with Crippen LogP contribution in [0.5, 0.6) is 11.5 Å². The minimum Gasteiger partial charge on any atom is -0.497 e. The van der Waals surface area contributed by atoms with Crippen molar-refractivity contribution >= 4 is 29.9 Å². The zero-order valence-electron chi connectivity index (χ0n) is 16.0. The highest BCUT2D eigenvalue weighted by Crippen LogP contribution is 2.31. The second kappa shape index (κ2) is 10.2. The van der Waals surface area contributed by atoms with Crippen molar-refractivity contribution in [2.75, 3.05) is 40.9 Å². The summed E-state index contributed by atoms with van der Waals surface area (Å²) in [5.41, 5.74) is 1.08. The van der Waals surface area contributed by atoms with E-state index in [0.717, 1.165) is 41.5 Å². The monoisotopic (exact) mass is 474 g/mol. The highest BCUT2D eigenvalue weighted by Gasteiger charge is 2.34. The molecular weight excluding hydrogens is 443 g/mol. The summed E-state index contributed by atoms with van der Waals surface area (Å²) in [5.74, 6) is 3.17. The molecule has 2 aliphatic rings. The molecule has 1 aromatic rings. The molecule has 1 aliphatic heterocycles. The van der Waals surface area contributed by atoms with Crippen LogP contribution in [0.25, 0.3) is 0 Å². The predicted octanol–water partition coefficient (Wildman–Crippen LogP) is 2.47. The lowest BCUT2D eigenvalue weighted by Crippen LogP contribution is -2.40. The number of methoxy groups -OCH3 is 2. The van der Waals surface area contributed by atoms with Gasteiger partial charge in [-0.05, 0) is 43.9 Å². The van der Waals surface area contributed by atoms with E-state index in [1.165, 1.54) is 32.4 Å². The van der Waals surface area contributed by atoms with E-state index in [1.54, 1.807) is 14.2 Å². The van der Waals surface area contributed by atoms with Crippen LogP contribution in [0, 0.1) is 5.92 Å². The minimum atomic E-state index is 0. The van der Waals surface area contributed by atoms with Gasteiger partial charge in [0.05, 0.1) is 14.2 Å². The van der Waals surface area contributed by atoms with Crippen molar-refractivity contribution in [3.8, 4) is 11.5 Å². The first-order valence-corrected chi connectivity index (χ1v) is 9.13. The normalized spacial score (nSPS) is 20.4. The average Bonchev–Trinajstić information content (AvgIpc) is 3.40. The summed E-state index contributed by atoms with van der Waals surface area (Å²) >= 11 is 0. The van der Waals surface area contributed by atoms with Gasteiger partial charge in [0.2, 0.25) is 0 Å². The number of nitrogens with zero attached hydrogens (tertiary/aromatic N) is 2. The molecule has 2 N–H and O–H groups in total. The quantitative estimate of drug-likeness (QED) is 0.362. The van der Waals surface area contributed by atoms with Crippen LogP contribution in [-0.4, -0.2) is 57.8 Å². The first-order valence-electron chi connectivity index (χ1n) is 9.13. The highest BCUT2D eigenvalue weighted by molar-refractivity contribution is 14.0. The third kappa shape index (κ3) is 5.64. The molecule has 0 spiro atoms. The number of likely N-dealkylation sites (tertiary alicyclic amines) is 1. The second-order valence-corrected chi connectivity index (χ2v) is 6.87. The third-order valence-corrected chi connectivity index (χ3v) is 5.10. The molecule has 1 aliphatic carbocycles. The molecule has 1 saturated heterocycles. The number of hydrogen-bond donors (Lipinski definition) is 2. The number of ether oxygens (including phenoxy) is 2. The lowest BCUT2D eigenvalue weighted by molar-refractivity contribution is 0.314. The molecule has 0 radical (unpaired) electrons. The maximum absolute atomic E-state index is 5.45. The Morgan fingerprint density at radius 2 is 2.00 bits per heavy atom. The van der Waals surface area contributed by atoms with Crippen molar-refractivity contribution in [2.45, 2.75) is 31.8 Å². The van der Waals surface area contributed by atoms with Crippen molar-refractivity contribution in [3.63, 3.8) is 0 Å². The molecule has 2 fully saturated rings. The summed E-state index contributed by atoms with van der Waals surface area (Å²) in [6, 6.07) is 6.74. The minimum absolute atomic E-state index is 0. The molecule has 6 nitrogen and oxygen atoms in total. The van der Waals surface area contributed by atoms with Gasteiger partial charge >= 0.3 is 0 Å². The zero-order valence-corrected chi connectivity index (χ0v) is 18.3. The summed E-state index contributed by atoms with van der Waals surface area (Å²) in [7, 11) is 5.15. The van der Waals surface area contributed by atoms with Crippen molar-refractivity contribution in [1.82, 2.24) is 15.5 Å². The molecule has 7 heteroatoms. The van der Waals surface area contributed by atoms with E-state index in [2.05, 4.69) is 20.5 Å². The fraction of sp³-hybridized carbons (Fsp3) is 0.632.